The van der Waals surface area contributed by atoms with E-state index in [9.17, 15) is 28.9 Å². The molecule has 0 heterocycles. The van der Waals surface area contributed by atoms with Crippen molar-refractivity contribution in [3.63, 3.8) is 0 Å². The van der Waals surface area contributed by atoms with Crippen LogP contribution in [-0.2, 0) is 42.2 Å². The fourth-order valence-electron chi connectivity index (χ4n) is 9.31. The molecule has 11 nitrogen and oxygen atoms in total. The summed E-state index contributed by atoms with van der Waals surface area (Å²) in [5, 5.41) is 9.85. The Bertz CT molecular complexity index is 1490. The third kappa shape index (κ3) is 58.1. The number of hydrogen-bond acceptors (Lipinski definition) is 10. The number of phosphoric acid groups is 1. The van der Waals surface area contributed by atoms with Gasteiger partial charge in [-0.2, -0.15) is 0 Å². The second-order valence-corrected chi connectivity index (χ2v) is 23.4. The topological polar surface area (TPSA) is 155 Å². The molecular formula is C66H121O11P. The van der Waals surface area contributed by atoms with Crippen molar-refractivity contribution in [2.45, 2.75) is 328 Å². The molecule has 456 valence electrons. The van der Waals surface area contributed by atoms with E-state index in [4.69, 9.17) is 23.3 Å². The molecule has 0 saturated carbocycles. The first-order chi connectivity index (χ1) is 38.2. The van der Waals surface area contributed by atoms with Crippen molar-refractivity contribution in [1.82, 2.24) is 0 Å². The summed E-state index contributed by atoms with van der Waals surface area (Å²) < 4.78 is 39.7. The van der Waals surface area contributed by atoms with Crippen LogP contribution in [0.25, 0.3) is 0 Å². The zero-order chi connectivity index (χ0) is 56.9. The van der Waals surface area contributed by atoms with E-state index >= 15 is 0 Å². The van der Waals surface area contributed by atoms with Crippen molar-refractivity contribution in [1.29, 1.82) is 0 Å². The van der Waals surface area contributed by atoms with E-state index in [1.54, 1.807) is 0 Å². The minimum absolute atomic E-state index is 0.168. The number of rotatable bonds is 61. The van der Waals surface area contributed by atoms with E-state index in [-0.39, 0.29) is 25.9 Å². The van der Waals surface area contributed by atoms with Crippen molar-refractivity contribution in [2.24, 2.45) is 0 Å². The number of esters is 3. The molecular weight excluding hydrogens is 1000 g/mol. The smallest absolute Gasteiger partial charge is 0.462 e. The van der Waals surface area contributed by atoms with Crippen LogP contribution < -0.4 is 0 Å². The highest BCUT2D eigenvalue weighted by Crippen LogP contribution is 2.43. The molecule has 3 atom stereocenters. The highest BCUT2D eigenvalue weighted by Gasteiger charge is 2.28. The maximum absolute atomic E-state index is 13.0. The van der Waals surface area contributed by atoms with Crippen LogP contribution in [0.1, 0.15) is 316 Å². The van der Waals surface area contributed by atoms with Crippen LogP contribution in [0.3, 0.4) is 0 Å². The average molecular weight is 1120 g/mol. The van der Waals surface area contributed by atoms with Gasteiger partial charge in [-0.15, -0.1) is 0 Å². The van der Waals surface area contributed by atoms with Crippen LogP contribution in [-0.4, -0.2) is 66.5 Å². The maximum atomic E-state index is 13.0. The van der Waals surface area contributed by atoms with Crippen molar-refractivity contribution >= 4 is 25.7 Å². The number of carbonyl (C=O) groups excluding carboxylic acids is 3. The Hall–Kier alpha value is -2.56. The predicted octanol–water partition coefficient (Wildman–Crippen LogP) is 19.7. The van der Waals surface area contributed by atoms with Crippen LogP contribution in [0, 0.1) is 0 Å². The summed E-state index contributed by atoms with van der Waals surface area (Å²) in [4.78, 5) is 48.8. The molecule has 78 heavy (non-hydrogen) atoms. The van der Waals surface area contributed by atoms with Gasteiger partial charge in [0.25, 0.3) is 0 Å². The molecule has 0 radical (unpaired) electrons. The Morgan fingerprint density at radius 2 is 0.667 bits per heavy atom. The van der Waals surface area contributed by atoms with Gasteiger partial charge in [0.2, 0.25) is 0 Å². The summed E-state index contributed by atoms with van der Waals surface area (Å²) in [6, 6.07) is 0. The molecule has 12 heteroatoms. The van der Waals surface area contributed by atoms with Crippen LogP contribution in [0.4, 0.5) is 0 Å². The van der Waals surface area contributed by atoms with Crippen LogP contribution >= 0.6 is 7.82 Å². The minimum atomic E-state index is -4.75. The minimum Gasteiger partial charge on any atom is -0.462 e. The molecule has 0 aromatic heterocycles. The fraction of sp³-hybridized carbons (Fsp3) is 0.833. The van der Waals surface area contributed by atoms with Gasteiger partial charge in [0.05, 0.1) is 19.8 Å². The summed E-state index contributed by atoms with van der Waals surface area (Å²) in [6.07, 6.45) is 66.3. The molecule has 0 aliphatic heterocycles. The Morgan fingerprint density at radius 3 is 1.04 bits per heavy atom. The standard InChI is InChI=1S/C66H121O11P/c1-4-7-10-13-16-19-22-25-28-30-31-33-36-39-42-45-48-51-54-57-66(70)77-63(59-73-64(68)55-52-49-46-43-40-37-34-27-24-21-18-15-12-9-6-3)61-75-78(71,72)74-60-62(58-67)76-65(69)56-53-50-47-44-41-38-35-32-29-26-23-20-17-14-11-8-5-2/h8,11,17,20,25-26,28-29,62-63,67H,4-7,9-10,12-16,18-19,21-24,27,30-61H2,1-3H3,(H,71,72)/b11-8-,20-17-,28-25-,29-26-. The largest absolute Gasteiger partial charge is 0.472 e. The summed E-state index contributed by atoms with van der Waals surface area (Å²) in [7, 11) is -4.75. The van der Waals surface area contributed by atoms with E-state index in [1.165, 1.54) is 167 Å². The molecule has 0 aliphatic carbocycles. The average Bonchev–Trinajstić information content (AvgIpc) is 3.43. The molecule has 0 bridgehead atoms. The third-order valence-corrected chi connectivity index (χ3v) is 15.2. The monoisotopic (exact) mass is 1120 g/mol. The summed E-state index contributed by atoms with van der Waals surface area (Å²) in [5.41, 5.74) is 0. The quantitative estimate of drug-likeness (QED) is 0.0197. The van der Waals surface area contributed by atoms with Gasteiger partial charge in [-0.3, -0.25) is 23.4 Å². The van der Waals surface area contributed by atoms with E-state index < -0.39 is 57.8 Å². The van der Waals surface area contributed by atoms with E-state index in [1.807, 2.05) is 0 Å². The van der Waals surface area contributed by atoms with Crippen molar-refractivity contribution in [3.8, 4) is 0 Å². The molecule has 3 unspecified atom stereocenters. The zero-order valence-electron chi connectivity index (χ0n) is 50.6. The lowest BCUT2D eigenvalue weighted by Crippen LogP contribution is -2.30. The number of carbonyl (C=O) groups is 3. The van der Waals surface area contributed by atoms with Gasteiger partial charge in [-0.1, -0.05) is 268 Å². The summed E-state index contributed by atoms with van der Waals surface area (Å²) in [6.45, 7) is 4.58. The molecule has 0 spiro atoms. The summed E-state index contributed by atoms with van der Waals surface area (Å²) >= 11 is 0. The van der Waals surface area contributed by atoms with E-state index in [0.717, 1.165) is 89.9 Å². The van der Waals surface area contributed by atoms with Gasteiger partial charge < -0.3 is 24.2 Å². The van der Waals surface area contributed by atoms with Gasteiger partial charge in [0, 0.05) is 19.3 Å². The molecule has 0 rings (SSSR count). The lowest BCUT2D eigenvalue weighted by Gasteiger charge is -2.21. The number of unbranched alkanes of at least 4 members (excludes halogenated alkanes) is 36. The fourth-order valence-corrected chi connectivity index (χ4v) is 10.1. The molecule has 0 fully saturated rings. The summed E-state index contributed by atoms with van der Waals surface area (Å²) in [5.74, 6) is -1.45. The molecule has 0 saturated heterocycles. The maximum Gasteiger partial charge on any atom is 0.472 e. The van der Waals surface area contributed by atoms with E-state index in [0.29, 0.717) is 19.3 Å². The lowest BCUT2D eigenvalue weighted by molar-refractivity contribution is -0.161. The first-order valence-corrected chi connectivity index (χ1v) is 34.0. The van der Waals surface area contributed by atoms with Crippen molar-refractivity contribution < 1.29 is 52.2 Å². The normalized spacial score (nSPS) is 13.6. The van der Waals surface area contributed by atoms with Crippen molar-refractivity contribution in [3.05, 3.63) is 48.6 Å². The number of aliphatic hydroxyl groups excluding tert-OH is 1. The number of allylic oxidation sites excluding steroid dienone is 8. The van der Waals surface area contributed by atoms with E-state index in [2.05, 4.69) is 69.4 Å². The SMILES string of the molecule is CC/C=C\C/C=C\C/C=C\CCCCCCCCCC(=O)OC(CO)COP(=O)(O)OCC(COC(=O)CCCCCCCCCCCCCCCCC)OC(=O)CCCCCCCCCCC/C=C\CCCCCCCC. The van der Waals surface area contributed by atoms with Gasteiger partial charge >= 0.3 is 25.7 Å². The first-order valence-electron chi connectivity index (χ1n) is 32.5. The number of aliphatic hydroxyl groups is 1. The third-order valence-electron chi connectivity index (χ3n) is 14.2. The van der Waals surface area contributed by atoms with Crippen LogP contribution in [0.15, 0.2) is 48.6 Å². The van der Waals surface area contributed by atoms with Gasteiger partial charge in [-0.25, -0.2) is 4.57 Å². The molecule has 0 amide bonds. The second kappa shape index (κ2) is 60.5. The Kier molecular flexibility index (Phi) is 58.5. The Morgan fingerprint density at radius 1 is 0.372 bits per heavy atom. The van der Waals surface area contributed by atoms with Gasteiger partial charge in [0.15, 0.2) is 6.10 Å². The first kappa shape index (κ1) is 75.4. The molecule has 0 aromatic rings. The Balaban J connectivity index is 4.66. The molecule has 2 N–H and O–H groups in total. The van der Waals surface area contributed by atoms with Crippen LogP contribution in [0.2, 0.25) is 0 Å². The van der Waals surface area contributed by atoms with Gasteiger partial charge in [0.1, 0.15) is 12.7 Å². The lowest BCUT2D eigenvalue weighted by atomic mass is 10.0. The zero-order valence-corrected chi connectivity index (χ0v) is 51.5. The molecule has 0 aliphatic rings. The number of hydrogen-bond donors (Lipinski definition) is 2. The molecule has 0 aromatic carbocycles. The number of phosphoric ester groups is 1. The number of ether oxygens (including phenoxy) is 3. The highest BCUT2D eigenvalue weighted by molar-refractivity contribution is 7.47. The second-order valence-electron chi connectivity index (χ2n) is 21.9. The van der Waals surface area contributed by atoms with Gasteiger partial charge in [-0.05, 0) is 77.0 Å². The highest BCUT2D eigenvalue weighted by atomic mass is 31.2. The van der Waals surface area contributed by atoms with Crippen molar-refractivity contribution in [2.75, 3.05) is 26.4 Å². The predicted molar refractivity (Wildman–Crippen MR) is 325 cm³/mol. The van der Waals surface area contributed by atoms with Crippen LogP contribution in [0.5, 0.6) is 0 Å². The Labute approximate surface area is 479 Å².